The average Bonchev–Trinajstić information content (AvgIpc) is 3.17. The molecule has 0 bridgehead atoms. The van der Waals surface area contributed by atoms with E-state index in [1.165, 1.54) is 29.0 Å². The van der Waals surface area contributed by atoms with E-state index in [4.69, 9.17) is 4.99 Å². The number of allylic oxidation sites excluding steroid dienone is 5. The van der Waals surface area contributed by atoms with Gasteiger partial charge in [0.1, 0.15) is 5.78 Å². The van der Waals surface area contributed by atoms with Crippen molar-refractivity contribution >= 4 is 33.5 Å². The van der Waals surface area contributed by atoms with Crippen LogP contribution in [-0.2, 0) is 4.79 Å². The first-order valence-corrected chi connectivity index (χ1v) is 18.7. The van der Waals surface area contributed by atoms with E-state index in [1.807, 2.05) is 6.92 Å². The van der Waals surface area contributed by atoms with Gasteiger partial charge in [-0.3, -0.25) is 0 Å². The first-order valence-electron chi connectivity index (χ1n) is 12.8. The normalized spacial score (nSPS) is 35.7. The number of piperidine rings is 1. The van der Waals surface area contributed by atoms with Crippen LogP contribution >= 0.6 is 18.0 Å². The summed E-state index contributed by atoms with van der Waals surface area (Å²) in [4.78, 5) is 20.4. The van der Waals surface area contributed by atoms with Crippen molar-refractivity contribution in [2.24, 2.45) is 22.7 Å². The number of carbonyl (C=O) groups is 1. The van der Waals surface area contributed by atoms with Crippen LogP contribution in [0, 0.1) is 29.1 Å². The first-order chi connectivity index (χ1) is 16.2. The number of alkyl halides is 2. The molecular weight excluding hydrogens is 533 g/mol. The number of ketones is 1. The third kappa shape index (κ3) is 5.28. The molecule has 1 fully saturated rings. The molecule has 1 N–H and O–H groups in total. The van der Waals surface area contributed by atoms with Gasteiger partial charge >= 0.3 is 193 Å². The molecule has 0 spiro atoms. The van der Waals surface area contributed by atoms with Crippen LogP contribution in [-0.4, -0.2) is 37.6 Å². The van der Waals surface area contributed by atoms with Gasteiger partial charge in [0.2, 0.25) is 0 Å². The number of halogens is 1. The summed E-state index contributed by atoms with van der Waals surface area (Å²) in [6, 6.07) is 2.54. The van der Waals surface area contributed by atoms with Crippen molar-refractivity contribution in [2.75, 3.05) is 18.0 Å². The van der Waals surface area contributed by atoms with Gasteiger partial charge in [-0.15, -0.1) is 0 Å². The second-order valence-electron chi connectivity index (χ2n) is 10.9. The molecule has 3 aliphatic heterocycles. The fourth-order valence-electron chi connectivity index (χ4n) is 6.01. The van der Waals surface area contributed by atoms with Crippen molar-refractivity contribution in [3.63, 3.8) is 0 Å². The molecule has 0 saturated carbocycles. The molecule has 34 heavy (non-hydrogen) atoms. The van der Waals surface area contributed by atoms with Crippen molar-refractivity contribution in [3.8, 4) is 6.07 Å². The van der Waals surface area contributed by atoms with Crippen LogP contribution in [0.3, 0.4) is 0 Å². The summed E-state index contributed by atoms with van der Waals surface area (Å²) in [5.74, 6) is 2.25. The van der Waals surface area contributed by atoms with Gasteiger partial charge in [-0.1, -0.05) is 0 Å². The van der Waals surface area contributed by atoms with Crippen molar-refractivity contribution in [1.82, 2.24) is 0 Å². The Hall–Kier alpha value is -1.65. The fraction of sp³-hybridized carbons (Fsp3) is 0.586. The number of hydrogen-bond acceptors (Lipinski definition) is 3. The zero-order chi connectivity index (χ0) is 24.5. The van der Waals surface area contributed by atoms with E-state index >= 15 is 0 Å². The molecule has 4 aliphatic rings. The van der Waals surface area contributed by atoms with Gasteiger partial charge in [-0.05, 0) is 6.92 Å². The third-order valence-corrected chi connectivity index (χ3v) is 15.5. The maximum absolute atomic E-state index is 11.3. The van der Waals surface area contributed by atoms with E-state index in [0.29, 0.717) is 23.5 Å². The van der Waals surface area contributed by atoms with Gasteiger partial charge in [0.15, 0.2) is 0 Å². The Morgan fingerprint density at radius 3 is 2.82 bits per heavy atom. The summed E-state index contributed by atoms with van der Waals surface area (Å²) in [7, 11) is 0. The second-order valence-corrected chi connectivity index (χ2v) is 19.4. The molecule has 0 amide bonds. The van der Waals surface area contributed by atoms with E-state index in [2.05, 4.69) is 51.2 Å². The van der Waals surface area contributed by atoms with Crippen LogP contribution in [0.25, 0.3) is 0 Å². The number of likely N-dealkylation sites (tertiary alicyclic amines) is 1. The summed E-state index contributed by atoms with van der Waals surface area (Å²) in [5, 5.41) is 10.1. The molecule has 0 radical (unpaired) electrons. The van der Waals surface area contributed by atoms with Crippen LogP contribution < -0.4 is 4.90 Å². The molecule has 5 heteroatoms. The van der Waals surface area contributed by atoms with Crippen molar-refractivity contribution in [3.05, 3.63) is 44.7 Å². The monoisotopic (exact) mass is 574 g/mol. The standard InChI is InChI=1S/C29H40IN3O/c1-20-11-14-30(5,15-12-20)29-28(27(18-31)23(4)32-29)33-16-13-25-17-24(9-10-26(25)19-33)21(2)7-6-8-22(3)34/h11-12,14-15,17,21,24,26,29H,6-10,13,16,19H2,1-5H3/p+1. The predicted octanol–water partition coefficient (Wildman–Crippen LogP) is 5.15. The van der Waals surface area contributed by atoms with E-state index in [-0.39, 0.29) is 4.05 Å². The van der Waals surface area contributed by atoms with Gasteiger partial charge < -0.3 is 4.79 Å². The number of nitrogens with zero attached hydrogens (tertiary/aromatic N) is 2. The summed E-state index contributed by atoms with van der Waals surface area (Å²) in [6.45, 7) is 10.4. The van der Waals surface area contributed by atoms with Crippen molar-refractivity contribution in [1.29, 1.82) is 5.26 Å². The van der Waals surface area contributed by atoms with Crippen LogP contribution in [0.5, 0.6) is 0 Å². The molecule has 6 unspecified atom stereocenters. The van der Waals surface area contributed by atoms with Gasteiger partial charge in [0, 0.05) is 0 Å². The number of nitriles is 1. The quantitative estimate of drug-likeness (QED) is 0.198. The minimum absolute atomic E-state index is 0.181. The Morgan fingerprint density at radius 2 is 2.15 bits per heavy atom. The number of Topliss-reactive ketones (excluding diaryl/α,β-unsaturated/α-hetero) is 1. The SMILES string of the molecule is CC(=O)CCCC(C)C1C=C2CC[NH+](C3=C(C#N)C(C)=NC3I3(C)=CC=C(C)C=C3)CC2CC1. The molecule has 184 valence electrons. The Labute approximate surface area is 209 Å². The van der Waals surface area contributed by atoms with E-state index < -0.39 is 18.0 Å². The summed E-state index contributed by atoms with van der Waals surface area (Å²) < 4.78 is 5.09. The van der Waals surface area contributed by atoms with Gasteiger partial charge in [0.05, 0.1) is 0 Å². The molecule has 3 heterocycles. The predicted molar refractivity (Wildman–Crippen MR) is 152 cm³/mol. The van der Waals surface area contributed by atoms with Crippen LogP contribution in [0.4, 0.5) is 0 Å². The van der Waals surface area contributed by atoms with E-state index in [9.17, 15) is 10.1 Å². The Kier molecular flexibility index (Phi) is 7.89. The van der Waals surface area contributed by atoms with Crippen molar-refractivity contribution < 1.29 is 9.69 Å². The van der Waals surface area contributed by atoms with Crippen LogP contribution in [0.15, 0.2) is 49.7 Å². The Morgan fingerprint density at radius 1 is 1.35 bits per heavy atom. The van der Waals surface area contributed by atoms with E-state index in [0.717, 1.165) is 50.1 Å². The molecule has 0 aromatic heterocycles. The number of nitrogens with one attached hydrogen (secondary N) is 1. The maximum atomic E-state index is 11.3. The van der Waals surface area contributed by atoms with Gasteiger partial charge in [-0.2, -0.15) is 0 Å². The first kappa shape index (κ1) is 25.4. The Balaban J connectivity index is 1.51. The number of fused-ring (bicyclic) bond motifs is 1. The number of aliphatic imine (C=N–C) groups is 1. The third-order valence-electron chi connectivity index (χ3n) is 8.24. The van der Waals surface area contributed by atoms with Crippen LogP contribution in [0.1, 0.15) is 66.2 Å². The summed E-state index contributed by atoms with van der Waals surface area (Å²) in [5.41, 5.74) is 6.06. The average molecular weight is 575 g/mol. The number of rotatable bonds is 7. The van der Waals surface area contributed by atoms with Crippen molar-refractivity contribution in [2.45, 2.75) is 70.3 Å². The topological polar surface area (TPSA) is 57.7 Å². The molecule has 0 aromatic carbocycles. The molecule has 6 atom stereocenters. The molecule has 4 nitrogen and oxygen atoms in total. The minimum atomic E-state index is -2.43. The number of carbonyl (C=O) groups excluding carboxylic acids is 1. The molecule has 4 rings (SSSR count). The molecular formula is C29H41IN3O+. The molecule has 0 aromatic rings. The number of quaternary nitrogens is 1. The van der Waals surface area contributed by atoms with Crippen LogP contribution in [0.2, 0.25) is 0 Å². The number of hydrogen-bond donors (Lipinski definition) is 1. The molecule has 1 aliphatic carbocycles. The fourth-order valence-corrected chi connectivity index (χ4v) is 12.8. The zero-order valence-electron chi connectivity index (χ0n) is 21.5. The molecule has 1 saturated heterocycles. The zero-order valence-corrected chi connectivity index (χ0v) is 23.7. The summed E-state index contributed by atoms with van der Waals surface area (Å²) >= 11 is -2.43. The van der Waals surface area contributed by atoms with Gasteiger partial charge in [0.25, 0.3) is 0 Å². The second kappa shape index (κ2) is 10.5. The van der Waals surface area contributed by atoms with E-state index in [1.54, 1.807) is 12.5 Å². The van der Waals surface area contributed by atoms with Gasteiger partial charge in [-0.25, -0.2) is 0 Å². The summed E-state index contributed by atoms with van der Waals surface area (Å²) in [6.07, 6.45) is 13.7. The Bertz CT molecular complexity index is 1100.